The average molecular weight is 275 g/mol. The Hall–Kier alpha value is -1.60. The summed E-state index contributed by atoms with van der Waals surface area (Å²) < 4.78 is 13.2. The number of likely N-dealkylation sites (tertiary alicyclic amines) is 1. The SMILES string of the molecule is CC(C)CN1CCC(C#N)(Nc2cccc(F)c2)CC1. The molecule has 0 aromatic heterocycles. The van der Waals surface area contributed by atoms with Crippen molar-refractivity contribution in [2.24, 2.45) is 5.92 Å². The van der Waals surface area contributed by atoms with Crippen LogP contribution in [0.4, 0.5) is 10.1 Å². The van der Waals surface area contributed by atoms with Gasteiger partial charge in [-0.05, 0) is 37.0 Å². The van der Waals surface area contributed by atoms with Gasteiger partial charge in [-0.1, -0.05) is 19.9 Å². The first-order valence-electron chi connectivity index (χ1n) is 7.20. The molecule has 1 aliphatic heterocycles. The smallest absolute Gasteiger partial charge is 0.127 e. The lowest BCUT2D eigenvalue weighted by Gasteiger charge is -2.39. The number of anilines is 1. The Bertz CT molecular complexity index is 485. The van der Waals surface area contributed by atoms with E-state index in [9.17, 15) is 9.65 Å². The topological polar surface area (TPSA) is 39.1 Å². The first-order chi connectivity index (χ1) is 9.53. The van der Waals surface area contributed by atoms with E-state index in [4.69, 9.17) is 0 Å². The third-order valence-electron chi connectivity index (χ3n) is 3.76. The van der Waals surface area contributed by atoms with Crippen LogP contribution in [0.5, 0.6) is 0 Å². The molecule has 2 rings (SSSR count). The molecule has 0 bridgehead atoms. The molecule has 0 saturated carbocycles. The predicted molar refractivity (Wildman–Crippen MR) is 78.9 cm³/mol. The van der Waals surface area contributed by atoms with Gasteiger partial charge < -0.3 is 10.2 Å². The van der Waals surface area contributed by atoms with Gasteiger partial charge >= 0.3 is 0 Å². The van der Waals surface area contributed by atoms with Gasteiger partial charge in [0.15, 0.2) is 0 Å². The van der Waals surface area contributed by atoms with Crippen LogP contribution in [-0.2, 0) is 0 Å². The van der Waals surface area contributed by atoms with Crippen molar-refractivity contribution in [1.29, 1.82) is 5.26 Å². The molecular weight excluding hydrogens is 253 g/mol. The second-order valence-corrected chi connectivity index (χ2v) is 6.02. The van der Waals surface area contributed by atoms with Gasteiger partial charge in [0, 0.05) is 25.3 Å². The standard InChI is InChI=1S/C16H22FN3/c1-13(2)11-20-8-6-16(12-18,7-9-20)19-15-5-3-4-14(17)10-15/h3-5,10,13,19H,6-9,11H2,1-2H3. The third-order valence-corrected chi connectivity index (χ3v) is 3.76. The van der Waals surface area contributed by atoms with Gasteiger partial charge in [-0.3, -0.25) is 0 Å². The first-order valence-corrected chi connectivity index (χ1v) is 7.20. The Morgan fingerprint density at radius 1 is 1.40 bits per heavy atom. The van der Waals surface area contributed by atoms with Crippen molar-refractivity contribution in [1.82, 2.24) is 4.90 Å². The number of nitrogens with one attached hydrogen (secondary N) is 1. The Balaban J connectivity index is 2.00. The highest BCUT2D eigenvalue weighted by molar-refractivity contribution is 5.48. The van der Waals surface area contributed by atoms with E-state index in [2.05, 4.69) is 30.1 Å². The van der Waals surface area contributed by atoms with Gasteiger partial charge in [0.25, 0.3) is 0 Å². The van der Waals surface area contributed by atoms with Crippen LogP contribution in [-0.4, -0.2) is 30.1 Å². The summed E-state index contributed by atoms with van der Waals surface area (Å²) in [6.07, 6.45) is 1.54. The van der Waals surface area contributed by atoms with Gasteiger partial charge in [-0.25, -0.2) is 4.39 Å². The van der Waals surface area contributed by atoms with Crippen LogP contribution in [0.15, 0.2) is 24.3 Å². The molecule has 20 heavy (non-hydrogen) atoms. The number of hydrogen-bond donors (Lipinski definition) is 1. The lowest BCUT2D eigenvalue weighted by atomic mass is 9.88. The maximum atomic E-state index is 13.2. The van der Waals surface area contributed by atoms with E-state index in [1.165, 1.54) is 12.1 Å². The van der Waals surface area contributed by atoms with Crippen LogP contribution >= 0.6 is 0 Å². The second-order valence-electron chi connectivity index (χ2n) is 6.02. The largest absolute Gasteiger partial charge is 0.367 e. The molecule has 0 atom stereocenters. The highest BCUT2D eigenvalue weighted by Gasteiger charge is 2.34. The number of piperidine rings is 1. The fourth-order valence-corrected chi connectivity index (χ4v) is 2.74. The average Bonchev–Trinajstić information content (AvgIpc) is 2.41. The van der Waals surface area contributed by atoms with Crippen molar-refractivity contribution in [2.45, 2.75) is 32.2 Å². The molecule has 3 nitrogen and oxygen atoms in total. The van der Waals surface area contributed by atoms with E-state index < -0.39 is 5.54 Å². The fraction of sp³-hybridized carbons (Fsp3) is 0.562. The molecule has 0 unspecified atom stereocenters. The highest BCUT2D eigenvalue weighted by Crippen LogP contribution is 2.27. The predicted octanol–water partition coefficient (Wildman–Crippen LogP) is 3.25. The monoisotopic (exact) mass is 275 g/mol. The molecule has 1 fully saturated rings. The van der Waals surface area contributed by atoms with Gasteiger partial charge in [0.1, 0.15) is 11.4 Å². The van der Waals surface area contributed by atoms with Crippen molar-refractivity contribution in [3.8, 4) is 6.07 Å². The number of halogens is 1. The van der Waals surface area contributed by atoms with E-state index >= 15 is 0 Å². The molecule has 1 aliphatic rings. The number of rotatable bonds is 4. The van der Waals surface area contributed by atoms with Gasteiger partial charge in [0.05, 0.1) is 6.07 Å². The normalized spacial score (nSPS) is 18.8. The summed E-state index contributed by atoms with van der Waals surface area (Å²) in [7, 11) is 0. The number of nitrogens with zero attached hydrogens (tertiary/aromatic N) is 2. The molecule has 0 aliphatic carbocycles. The van der Waals surface area contributed by atoms with Gasteiger partial charge in [0.2, 0.25) is 0 Å². The van der Waals surface area contributed by atoms with Crippen LogP contribution < -0.4 is 5.32 Å². The zero-order valence-corrected chi connectivity index (χ0v) is 12.2. The molecule has 0 spiro atoms. The zero-order valence-electron chi connectivity index (χ0n) is 12.2. The Kier molecular flexibility index (Phi) is 4.61. The Morgan fingerprint density at radius 2 is 2.10 bits per heavy atom. The molecule has 1 aromatic rings. The summed E-state index contributed by atoms with van der Waals surface area (Å²) in [5.74, 6) is 0.362. The second kappa shape index (κ2) is 6.23. The maximum absolute atomic E-state index is 13.2. The van der Waals surface area contributed by atoms with Crippen molar-refractivity contribution in [2.75, 3.05) is 25.0 Å². The molecule has 1 heterocycles. The summed E-state index contributed by atoms with van der Waals surface area (Å²) in [5, 5.41) is 12.7. The van der Waals surface area contributed by atoms with Crippen LogP contribution in [0, 0.1) is 23.1 Å². The van der Waals surface area contributed by atoms with Crippen LogP contribution in [0.25, 0.3) is 0 Å². The van der Waals surface area contributed by atoms with Crippen molar-refractivity contribution >= 4 is 5.69 Å². The Morgan fingerprint density at radius 3 is 2.65 bits per heavy atom. The van der Waals surface area contributed by atoms with Crippen LogP contribution in [0.1, 0.15) is 26.7 Å². The summed E-state index contributed by atoms with van der Waals surface area (Å²) in [5.41, 5.74) is 0.116. The Labute approximate surface area is 120 Å². The molecule has 0 radical (unpaired) electrons. The zero-order chi connectivity index (χ0) is 14.6. The maximum Gasteiger partial charge on any atom is 0.127 e. The van der Waals surface area contributed by atoms with Crippen molar-refractivity contribution in [3.63, 3.8) is 0 Å². The number of benzene rings is 1. The minimum absolute atomic E-state index is 0.277. The minimum atomic E-state index is -0.568. The molecule has 1 aromatic carbocycles. The molecule has 4 heteroatoms. The molecular formula is C16H22FN3. The fourth-order valence-electron chi connectivity index (χ4n) is 2.74. The quantitative estimate of drug-likeness (QED) is 0.916. The molecule has 1 N–H and O–H groups in total. The third kappa shape index (κ3) is 3.71. The van der Waals surface area contributed by atoms with Gasteiger partial charge in [-0.15, -0.1) is 0 Å². The van der Waals surface area contributed by atoms with E-state index in [0.717, 1.165) is 32.5 Å². The molecule has 108 valence electrons. The number of hydrogen-bond acceptors (Lipinski definition) is 3. The van der Waals surface area contributed by atoms with E-state index in [0.29, 0.717) is 11.6 Å². The molecule has 1 saturated heterocycles. The summed E-state index contributed by atoms with van der Waals surface area (Å²) >= 11 is 0. The summed E-state index contributed by atoms with van der Waals surface area (Å²) in [6.45, 7) is 7.30. The van der Waals surface area contributed by atoms with Crippen LogP contribution in [0.2, 0.25) is 0 Å². The van der Waals surface area contributed by atoms with E-state index in [1.54, 1.807) is 6.07 Å². The lowest BCUT2D eigenvalue weighted by molar-refractivity contribution is 0.179. The number of nitriles is 1. The minimum Gasteiger partial charge on any atom is -0.367 e. The summed E-state index contributed by atoms with van der Waals surface area (Å²) in [4.78, 5) is 2.40. The summed E-state index contributed by atoms with van der Waals surface area (Å²) in [6, 6.07) is 8.73. The van der Waals surface area contributed by atoms with Crippen molar-refractivity contribution < 1.29 is 4.39 Å². The molecule has 0 amide bonds. The lowest BCUT2D eigenvalue weighted by Crippen LogP contribution is -2.49. The van der Waals surface area contributed by atoms with Crippen LogP contribution in [0.3, 0.4) is 0 Å². The first kappa shape index (κ1) is 14.8. The van der Waals surface area contributed by atoms with Gasteiger partial charge in [-0.2, -0.15) is 5.26 Å². The van der Waals surface area contributed by atoms with E-state index in [-0.39, 0.29) is 5.82 Å². The highest BCUT2D eigenvalue weighted by atomic mass is 19.1. The van der Waals surface area contributed by atoms with Crippen molar-refractivity contribution in [3.05, 3.63) is 30.1 Å². The van der Waals surface area contributed by atoms with E-state index in [1.807, 2.05) is 6.07 Å².